The summed E-state index contributed by atoms with van der Waals surface area (Å²) < 4.78 is 6.19. The summed E-state index contributed by atoms with van der Waals surface area (Å²) in [4.78, 5) is 15.6. The van der Waals surface area contributed by atoms with Crippen molar-refractivity contribution in [3.63, 3.8) is 0 Å². The topological polar surface area (TPSA) is 33.5 Å². The summed E-state index contributed by atoms with van der Waals surface area (Å²) in [6.07, 6.45) is 0. The van der Waals surface area contributed by atoms with E-state index in [0.29, 0.717) is 21.9 Å². The van der Waals surface area contributed by atoms with Crippen LogP contribution in [-0.2, 0) is 5.41 Å². The van der Waals surface area contributed by atoms with Crippen molar-refractivity contribution in [2.75, 3.05) is 4.90 Å². The summed E-state index contributed by atoms with van der Waals surface area (Å²) in [5.41, 5.74) is 16.7. The van der Waals surface area contributed by atoms with E-state index in [1.54, 1.807) is 0 Å². The Morgan fingerprint density at radius 1 is 0.490 bits per heavy atom. The zero-order valence-electron chi connectivity index (χ0n) is 27.2. The molecule has 1 aromatic heterocycles. The van der Waals surface area contributed by atoms with Crippen molar-refractivity contribution in [1.82, 2.24) is 0 Å². The van der Waals surface area contributed by atoms with Crippen LogP contribution in [0.2, 0.25) is 0 Å². The van der Waals surface area contributed by atoms with E-state index in [1.807, 2.05) is 42.5 Å². The molecule has 2 aliphatic rings. The van der Waals surface area contributed by atoms with E-state index in [4.69, 9.17) is 4.42 Å². The third kappa shape index (κ3) is 3.81. The minimum absolute atomic E-state index is 0.00303. The second-order valence-electron chi connectivity index (χ2n) is 13.4. The van der Waals surface area contributed by atoms with Crippen molar-refractivity contribution in [1.29, 1.82) is 0 Å². The first kappa shape index (κ1) is 27.9. The van der Waals surface area contributed by atoms with Gasteiger partial charge in [-0.1, -0.05) is 114 Å². The number of nitrogens with zero attached hydrogens (tertiary/aromatic N) is 1. The summed E-state index contributed by atoms with van der Waals surface area (Å²) in [6, 6.07) is 53.8. The fourth-order valence-corrected chi connectivity index (χ4v) is 8.45. The molecule has 8 aromatic rings. The lowest BCUT2D eigenvalue weighted by atomic mass is 9.64. The molecule has 10 rings (SSSR count). The number of benzene rings is 7. The van der Waals surface area contributed by atoms with Crippen LogP contribution in [0.1, 0.15) is 33.4 Å². The van der Waals surface area contributed by atoms with Crippen LogP contribution in [0.15, 0.2) is 161 Å². The fourth-order valence-electron chi connectivity index (χ4n) is 8.45. The Hall–Kier alpha value is -6.19. The Balaban J connectivity index is 1.14. The molecule has 0 bridgehead atoms. The second kappa shape index (κ2) is 10.2. The third-order valence-electron chi connectivity index (χ3n) is 10.6. The average Bonchev–Trinajstić information content (AvgIpc) is 3.41. The van der Waals surface area contributed by atoms with Gasteiger partial charge in [0.15, 0.2) is 0 Å². The number of hydrogen-bond donors (Lipinski definition) is 0. The highest BCUT2D eigenvalue weighted by Crippen LogP contribution is 2.63. The standard InChI is InChI=1S/C46H31NO2/c1-28-15-23-37-35(25-28)36-26-29(2)16-24-38(36)46(37)39-10-4-6-12-41(39)47(42-13-7-5-11-40(42)46)32-20-17-30(18-21-32)31-19-22-34-44(27-31)49-43-14-8-3-9-33(43)45(34)48/h3-27H,1-2H3. The van der Waals surface area contributed by atoms with Gasteiger partial charge in [0, 0.05) is 5.69 Å². The molecule has 7 aromatic carbocycles. The normalized spacial score (nSPS) is 13.7. The predicted molar refractivity (Wildman–Crippen MR) is 200 cm³/mol. The molecule has 1 aliphatic heterocycles. The number of fused-ring (bicyclic) bond motifs is 11. The molecule has 1 spiro atoms. The molecule has 0 atom stereocenters. The van der Waals surface area contributed by atoms with E-state index in [9.17, 15) is 4.79 Å². The minimum Gasteiger partial charge on any atom is -0.456 e. The van der Waals surface area contributed by atoms with Gasteiger partial charge in [0.1, 0.15) is 11.2 Å². The van der Waals surface area contributed by atoms with Crippen molar-refractivity contribution < 1.29 is 4.42 Å². The van der Waals surface area contributed by atoms with Crippen molar-refractivity contribution in [2.45, 2.75) is 19.3 Å². The number of anilines is 3. The van der Waals surface area contributed by atoms with Crippen LogP contribution >= 0.6 is 0 Å². The Labute approximate surface area is 284 Å². The zero-order valence-corrected chi connectivity index (χ0v) is 27.2. The molecule has 49 heavy (non-hydrogen) atoms. The number of hydrogen-bond acceptors (Lipinski definition) is 3. The van der Waals surface area contributed by atoms with Gasteiger partial charge in [-0.3, -0.25) is 4.79 Å². The number of aryl methyl sites for hydroxylation is 2. The quantitative estimate of drug-likeness (QED) is 0.178. The molecule has 232 valence electrons. The molecule has 3 heteroatoms. The van der Waals surface area contributed by atoms with Crippen LogP contribution in [-0.4, -0.2) is 0 Å². The van der Waals surface area contributed by atoms with E-state index in [1.165, 1.54) is 55.9 Å². The molecule has 0 radical (unpaired) electrons. The lowest BCUT2D eigenvalue weighted by molar-refractivity contribution is 0.660. The maximum atomic E-state index is 13.2. The Kier molecular flexibility index (Phi) is 5.78. The SMILES string of the molecule is Cc1ccc2c(c1)-c1cc(C)ccc1C21c2ccccc2N(c2ccc(-c3ccc4c(=O)c5ccccc5oc4c3)cc2)c2ccccc21. The molecule has 0 saturated heterocycles. The maximum absolute atomic E-state index is 13.2. The van der Waals surface area contributed by atoms with Gasteiger partial charge < -0.3 is 9.32 Å². The van der Waals surface area contributed by atoms with E-state index in [2.05, 4.69) is 128 Å². The monoisotopic (exact) mass is 629 g/mol. The first-order valence-corrected chi connectivity index (χ1v) is 16.8. The van der Waals surface area contributed by atoms with Crippen LogP contribution in [0.5, 0.6) is 0 Å². The van der Waals surface area contributed by atoms with Gasteiger partial charge in [0.25, 0.3) is 0 Å². The van der Waals surface area contributed by atoms with Crippen LogP contribution in [0.3, 0.4) is 0 Å². The minimum atomic E-state index is -0.436. The Morgan fingerprint density at radius 2 is 1.04 bits per heavy atom. The van der Waals surface area contributed by atoms with Gasteiger partial charge >= 0.3 is 0 Å². The van der Waals surface area contributed by atoms with Gasteiger partial charge in [-0.15, -0.1) is 0 Å². The van der Waals surface area contributed by atoms with Crippen molar-refractivity contribution >= 4 is 39.0 Å². The summed E-state index contributed by atoms with van der Waals surface area (Å²) in [5, 5.41) is 1.20. The Bertz CT molecular complexity index is 2620. The number of para-hydroxylation sites is 3. The van der Waals surface area contributed by atoms with Crippen LogP contribution in [0.4, 0.5) is 17.1 Å². The first-order chi connectivity index (χ1) is 24.0. The molecule has 0 unspecified atom stereocenters. The highest BCUT2D eigenvalue weighted by molar-refractivity contribution is 5.96. The molecule has 0 N–H and O–H groups in total. The molecule has 0 amide bonds. The summed E-state index contributed by atoms with van der Waals surface area (Å²) in [7, 11) is 0. The van der Waals surface area contributed by atoms with E-state index < -0.39 is 5.41 Å². The lowest BCUT2D eigenvalue weighted by Crippen LogP contribution is -2.36. The van der Waals surface area contributed by atoms with Crippen molar-refractivity contribution in [2.24, 2.45) is 0 Å². The van der Waals surface area contributed by atoms with Crippen LogP contribution in [0.25, 0.3) is 44.2 Å². The molecule has 0 fully saturated rings. The van der Waals surface area contributed by atoms with E-state index in [-0.39, 0.29) is 5.43 Å². The van der Waals surface area contributed by atoms with Crippen LogP contribution in [0, 0.1) is 13.8 Å². The molecule has 0 saturated carbocycles. The highest BCUT2D eigenvalue weighted by atomic mass is 16.3. The van der Waals surface area contributed by atoms with Crippen LogP contribution < -0.4 is 10.3 Å². The summed E-state index contributed by atoms with van der Waals surface area (Å²) >= 11 is 0. The molecule has 1 aliphatic carbocycles. The fraction of sp³-hybridized carbons (Fsp3) is 0.0652. The summed E-state index contributed by atoms with van der Waals surface area (Å²) in [6.45, 7) is 4.37. The predicted octanol–water partition coefficient (Wildman–Crippen LogP) is 11.4. The smallest absolute Gasteiger partial charge is 0.200 e. The zero-order chi connectivity index (χ0) is 32.9. The van der Waals surface area contributed by atoms with E-state index >= 15 is 0 Å². The summed E-state index contributed by atoms with van der Waals surface area (Å²) in [5.74, 6) is 0. The van der Waals surface area contributed by atoms with Gasteiger partial charge in [0.2, 0.25) is 5.43 Å². The lowest BCUT2D eigenvalue weighted by Gasteiger charge is -2.45. The molecular weight excluding hydrogens is 599 g/mol. The first-order valence-electron chi connectivity index (χ1n) is 16.8. The van der Waals surface area contributed by atoms with Gasteiger partial charge in [-0.05, 0) is 107 Å². The maximum Gasteiger partial charge on any atom is 0.200 e. The average molecular weight is 630 g/mol. The van der Waals surface area contributed by atoms with Crippen molar-refractivity contribution in [3.05, 3.63) is 195 Å². The molecular formula is C46H31NO2. The molecule has 2 heterocycles. The number of rotatable bonds is 2. The van der Waals surface area contributed by atoms with Gasteiger partial charge in [-0.2, -0.15) is 0 Å². The van der Waals surface area contributed by atoms with E-state index in [0.717, 1.165) is 16.8 Å². The van der Waals surface area contributed by atoms with Gasteiger partial charge in [0.05, 0.1) is 27.6 Å². The largest absolute Gasteiger partial charge is 0.456 e. The highest BCUT2D eigenvalue weighted by Gasteiger charge is 2.51. The molecule has 3 nitrogen and oxygen atoms in total. The second-order valence-corrected chi connectivity index (χ2v) is 13.4. The van der Waals surface area contributed by atoms with Crippen molar-refractivity contribution in [3.8, 4) is 22.3 Å². The Morgan fingerprint density at radius 3 is 1.69 bits per heavy atom. The third-order valence-corrected chi connectivity index (χ3v) is 10.6. The van der Waals surface area contributed by atoms with Gasteiger partial charge in [-0.25, -0.2) is 0 Å².